The van der Waals surface area contributed by atoms with Crippen LogP contribution < -0.4 is 31.1 Å². The molecule has 9 aromatic rings. The second-order valence-corrected chi connectivity index (χ2v) is 16.1. The predicted molar refractivity (Wildman–Crippen MR) is 249 cm³/mol. The second kappa shape index (κ2) is 13.3. The lowest BCUT2D eigenvalue weighted by Gasteiger charge is -2.45. The molecule has 276 valence electrons. The highest BCUT2D eigenvalue weighted by molar-refractivity contribution is 7.00. The van der Waals surface area contributed by atoms with Crippen molar-refractivity contribution in [2.24, 2.45) is 0 Å². The van der Waals surface area contributed by atoms with Crippen molar-refractivity contribution in [1.29, 1.82) is 0 Å². The first-order valence-electron chi connectivity index (χ1n) is 20.3. The summed E-state index contributed by atoms with van der Waals surface area (Å²) in [6.45, 7) is 8.86. The Morgan fingerprint density at radius 3 is 1.29 bits per heavy atom. The summed E-state index contributed by atoms with van der Waals surface area (Å²) >= 11 is 0. The molecule has 4 heteroatoms. The van der Waals surface area contributed by atoms with Crippen LogP contribution in [0.1, 0.15) is 22.3 Å². The van der Waals surface area contributed by atoms with Gasteiger partial charge in [-0.3, -0.25) is 0 Å². The average molecular weight is 744 g/mol. The van der Waals surface area contributed by atoms with Crippen LogP contribution >= 0.6 is 0 Å². The molecule has 0 atom stereocenters. The van der Waals surface area contributed by atoms with Crippen LogP contribution in [0.25, 0.3) is 21.5 Å². The Hall–Kier alpha value is -7.04. The second-order valence-electron chi connectivity index (χ2n) is 16.1. The highest BCUT2D eigenvalue weighted by Crippen LogP contribution is 2.50. The lowest BCUT2D eigenvalue weighted by atomic mass is 9.33. The first-order chi connectivity index (χ1) is 28.4. The van der Waals surface area contributed by atoms with Crippen molar-refractivity contribution in [2.45, 2.75) is 27.7 Å². The highest BCUT2D eigenvalue weighted by atomic mass is 15.2. The normalized spacial score (nSPS) is 12.7. The van der Waals surface area contributed by atoms with Gasteiger partial charge in [0.25, 0.3) is 6.71 Å². The third-order valence-corrected chi connectivity index (χ3v) is 12.2. The summed E-state index contributed by atoms with van der Waals surface area (Å²) in [6, 6.07) is 68.0. The molecule has 2 aliphatic heterocycles. The number of rotatable bonds is 5. The molecule has 0 N–H and O–H groups in total. The number of hydrogen-bond donors (Lipinski definition) is 0. The van der Waals surface area contributed by atoms with Gasteiger partial charge in [-0.15, -0.1) is 0 Å². The zero-order valence-electron chi connectivity index (χ0n) is 33.2. The minimum Gasteiger partial charge on any atom is -0.311 e. The van der Waals surface area contributed by atoms with Crippen LogP contribution in [0.15, 0.2) is 182 Å². The molecule has 58 heavy (non-hydrogen) atoms. The SMILES string of the molecule is Cc1cccc(N2c3cc(C)ccc3B3c4ccc(C)cc4N(c4cccc(C)c4)c4cc(N(c5cccc6ccccc56)c5cccc6ccccc56)cc2c43)c1. The van der Waals surface area contributed by atoms with Gasteiger partial charge in [0.2, 0.25) is 0 Å². The Morgan fingerprint density at radius 2 is 0.810 bits per heavy atom. The van der Waals surface area contributed by atoms with E-state index in [0.29, 0.717) is 0 Å². The largest absolute Gasteiger partial charge is 0.311 e. The maximum atomic E-state index is 2.53. The van der Waals surface area contributed by atoms with Crippen LogP contribution in [-0.2, 0) is 0 Å². The van der Waals surface area contributed by atoms with Gasteiger partial charge in [0.1, 0.15) is 0 Å². The van der Waals surface area contributed by atoms with Crippen LogP contribution in [0.3, 0.4) is 0 Å². The van der Waals surface area contributed by atoms with E-state index < -0.39 is 0 Å². The first-order valence-corrected chi connectivity index (χ1v) is 20.3. The summed E-state index contributed by atoms with van der Waals surface area (Å²) in [6.07, 6.45) is 0. The van der Waals surface area contributed by atoms with Crippen LogP contribution in [-0.4, -0.2) is 6.71 Å². The summed E-state index contributed by atoms with van der Waals surface area (Å²) in [5.74, 6) is 0. The lowest BCUT2D eigenvalue weighted by Crippen LogP contribution is -2.61. The van der Waals surface area contributed by atoms with Gasteiger partial charge in [0.05, 0.1) is 17.1 Å². The molecule has 9 aromatic carbocycles. The van der Waals surface area contributed by atoms with E-state index in [1.165, 1.54) is 82.9 Å². The summed E-state index contributed by atoms with van der Waals surface area (Å²) in [7, 11) is 0. The molecular weight excluding hydrogens is 701 g/mol. The maximum absolute atomic E-state index is 2.53. The highest BCUT2D eigenvalue weighted by Gasteiger charge is 2.44. The molecule has 0 unspecified atom stereocenters. The summed E-state index contributed by atoms with van der Waals surface area (Å²) in [4.78, 5) is 7.58. The maximum Gasteiger partial charge on any atom is 0.252 e. The van der Waals surface area contributed by atoms with Gasteiger partial charge in [0.15, 0.2) is 0 Å². The number of anilines is 9. The van der Waals surface area contributed by atoms with E-state index in [1.807, 2.05) is 0 Å². The van der Waals surface area contributed by atoms with E-state index in [0.717, 1.165) is 28.4 Å². The van der Waals surface area contributed by atoms with Gasteiger partial charge < -0.3 is 14.7 Å². The molecule has 0 spiro atoms. The molecular formula is C54H42BN3. The lowest BCUT2D eigenvalue weighted by molar-refractivity contribution is 1.22. The van der Waals surface area contributed by atoms with E-state index >= 15 is 0 Å². The Balaban J connectivity index is 1.31. The standard InChI is InChI=1S/C54H42BN3/c1-35-13-9-19-41(29-35)56-50-31-37(3)25-27-46(50)55-47-28-26-38(4)32-51(47)57(42-20-10-14-36(2)30-42)53-34-43(33-52(56)54(53)55)58(48-23-11-17-39-15-5-7-21-44(39)48)49-24-12-18-40-16-6-8-22-45(40)49/h5-34H,1-4H3. The topological polar surface area (TPSA) is 9.72 Å². The average Bonchev–Trinajstić information content (AvgIpc) is 3.23. The molecule has 0 bridgehead atoms. The summed E-state index contributed by atoms with van der Waals surface area (Å²) < 4.78 is 0. The molecule has 0 radical (unpaired) electrons. The Bertz CT molecular complexity index is 2900. The quantitative estimate of drug-likeness (QED) is 0.163. The third kappa shape index (κ3) is 5.36. The molecule has 0 fully saturated rings. The van der Waals surface area contributed by atoms with Gasteiger partial charge in [-0.2, -0.15) is 0 Å². The molecule has 0 saturated heterocycles. The van der Waals surface area contributed by atoms with E-state index in [1.54, 1.807) is 0 Å². The summed E-state index contributed by atoms with van der Waals surface area (Å²) in [5.41, 5.74) is 19.4. The van der Waals surface area contributed by atoms with E-state index in [2.05, 4.69) is 224 Å². The van der Waals surface area contributed by atoms with Gasteiger partial charge in [0, 0.05) is 44.9 Å². The molecule has 3 nitrogen and oxygen atoms in total. The summed E-state index contributed by atoms with van der Waals surface area (Å²) in [5, 5.41) is 4.83. The number of nitrogens with zero attached hydrogens (tertiary/aromatic N) is 3. The fourth-order valence-electron chi connectivity index (χ4n) is 9.63. The number of hydrogen-bond acceptors (Lipinski definition) is 3. The van der Waals surface area contributed by atoms with Gasteiger partial charge >= 0.3 is 0 Å². The van der Waals surface area contributed by atoms with Crippen LogP contribution in [0.2, 0.25) is 0 Å². The van der Waals surface area contributed by atoms with Crippen molar-refractivity contribution in [3.63, 3.8) is 0 Å². The smallest absolute Gasteiger partial charge is 0.252 e. The van der Waals surface area contributed by atoms with Gasteiger partial charge in [-0.1, -0.05) is 121 Å². The molecule has 11 rings (SSSR count). The minimum atomic E-state index is 0.0379. The van der Waals surface area contributed by atoms with E-state index in [-0.39, 0.29) is 6.71 Å². The van der Waals surface area contributed by atoms with Crippen molar-refractivity contribution < 1.29 is 0 Å². The van der Waals surface area contributed by atoms with Crippen molar-refractivity contribution in [3.05, 3.63) is 204 Å². The van der Waals surface area contributed by atoms with Crippen LogP contribution in [0, 0.1) is 27.7 Å². The van der Waals surface area contributed by atoms with Gasteiger partial charge in [-0.25, -0.2) is 0 Å². The monoisotopic (exact) mass is 743 g/mol. The van der Waals surface area contributed by atoms with Crippen molar-refractivity contribution in [3.8, 4) is 0 Å². The fourth-order valence-corrected chi connectivity index (χ4v) is 9.63. The van der Waals surface area contributed by atoms with E-state index in [4.69, 9.17) is 0 Å². The Labute approximate surface area is 341 Å². The van der Waals surface area contributed by atoms with Crippen molar-refractivity contribution in [1.82, 2.24) is 0 Å². The number of fused-ring (bicyclic) bond motifs is 6. The molecule has 2 heterocycles. The van der Waals surface area contributed by atoms with Crippen molar-refractivity contribution in [2.75, 3.05) is 14.7 Å². The first kappa shape index (κ1) is 34.2. The third-order valence-electron chi connectivity index (χ3n) is 12.2. The zero-order chi connectivity index (χ0) is 39.1. The zero-order valence-corrected chi connectivity index (χ0v) is 33.2. The predicted octanol–water partition coefficient (Wildman–Crippen LogP) is 12.8. The molecule has 0 amide bonds. The van der Waals surface area contributed by atoms with Crippen LogP contribution in [0.4, 0.5) is 51.2 Å². The number of aryl methyl sites for hydroxylation is 4. The Kier molecular flexibility index (Phi) is 7.84. The molecule has 0 aromatic heterocycles. The van der Waals surface area contributed by atoms with Crippen molar-refractivity contribution >= 4 is 95.8 Å². The minimum absolute atomic E-state index is 0.0379. The molecule has 0 aliphatic carbocycles. The van der Waals surface area contributed by atoms with E-state index in [9.17, 15) is 0 Å². The number of benzene rings is 9. The fraction of sp³-hybridized carbons (Fsp3) is 0.0741. The van der Waals surface area contributed by atoms with Gasteiger partial charge in [-0.05, 0) is 138 Å². The Morgan fingerprint density at radius 1 is 0.379 bits per heavy atom. The molecule has 0 saturated carbocycles. The molecule has 2 aliphatic rings. The van der Waals surface area contributed by atoms with Crippen LogP contribution in [0.5, 0.6) is 0 Å².